The van der Waals surface area contributed by atoms with Crippen molar-refractivity contribution in [3.05, 3.63) is 83.9 Å². The Morgan fingerprint density at radius 3 is 1.58 bits per heavy atom. The van der Waals surface area contributed by atoms with Crippen LogP contribution in [-0.4, -0.2) is 35.7 Å². The molecule has 0 radical (unpaired) electrons. The summed E-state index contributed by atoms with van der Waals surface area (Å²) in [6.07, 6.45) is 7.19. The van der Waals surface area contributed by atoms with Crippen LogP contribution in [0.3, 0.4) is 0 Å². The number of ether oxygens (including phenoxy) is 3. The summed E-state index contributed by atoms with van der Waals surface area (Å²) in [5.74, 6) is 0.159. The molecule has 0 bridgehead atoms. The molecule has 0 aliphatic rings. The zero-order valence-corrected chi connectivity index (χ0v) is 20.4. The van der Waals surface area contributed by atoms with Crippen molar-refractivity contribution in [2.24, 2.45) is 0 Å². The average Bonchev–Trinajstić information content (AvgIpc) is 2.89. The maximum absolute atomic E-state index is 12.5. The molecule has 3 aromatic carbocycles. The molecule has 0 aliphatic heterocycles. The van der Waals surface area contributed by atoms with Crippen LogP contribution >= 0.6 is 0 Å². The summed E-state index contributed by atoms with van der Waals surface area (Å²) in [5.41, 5.74) is 0.950. The van der Waals surface area contributed by atoms with Crippen molar-refractivity contribution in [3.8, 4) is 17.2 Å². The first-order valence-electron chi connectivity index (χ1n) is 12.2. The third kappa shape index (κ3) is 8.55. The van der Waals surface area contributed by atoms with Gasteiger partial charge in [-0.25, -0.2) is 9.59 Å². The fourth-order valence-electron chi connectivity index (χ4n) is 3.46. The van der Waals surface area contributed by atoms with Crippen molar-refractivity contribution in [1.29, 1.82) is 0 Å². The van der Waals surface area contributed by atoms with Gasteiger partial charge in [0.15, 0.2) is 0 Å². The molecule has 3 aromatic rings. The predicted molar refractivity (Wildman–Crippen MR) is 138 cm³/mol. The van der Waals surface area contributed by atoms with E-state index in [1.54, 1.807) is 24.3 Å². The Morgan fingerprint density at radius 1 is 0.639 bits per heavy atom. The second kappa shape index (κ2) is 14.1. The zero-order valence-electron chi connectivity index (χ0n) is 20.4. The van der Waals surface area contributed by atoms with Crippen LogP contribution in [0.25, 0.3) is 0 Å². The largest absolute Gasteiger partial charge is 0.494 e. The van der Waals surface area contributed by atoms with Gasteiger partial charge in [-0.15, -0.1) is 0 Å². The van der Waals surface area contributed by atoms with Crippen LogP contribution < -0.4 is 19.7 Å². The number of esters is 2. The van der Waals surface area contributed by atoms with E-state index in [1.165, 1.54) is 74.2 Å². The standard InChI is InChI=1S/C28H31BO7/c1-2-3-4-5-6-7-20-34-24-14-8-21(9-15-24)27(30)35-25-16-10-22(11-17-25)28(31)36-26-18-12-23(13-19-26)29(32)33/h8-19,32-33H,2-7,20H2,1H3. The smallest absolute Gasteiger partial charge is 0.488 e. The molecule has 188 valence electrons. The number of rotatable bonds is 13. The topological polar surface area (TPSA) is 102 Å². The highest BCUT2D eigenvalue weighted by atomic mass is 16.5. The van der Waals surface area contributed by atoms with E-state index in [2.05, 4.69) is 6.92 Å². The highest BCUT2D eigenvalue weighted by Gasteiger charge is 2.14. The summed E-state index contributed by atoms with van der Waals surface area (Å²) >= 11 is 0. The Morgan fingerprint density at radius 2 is 1.08 bits per heavy atom. The van der Waals surface area contributed by atoms with Gasteiger partial charge >= 0.3 is 19.1 Å². The molecule has 0 heterocycles. The van der Waals surface area contributed by atoms with Crippen molar-refractivity contribution >= 4 is 24.5 Å². The van der Waals surface area contributed by atoms with Gasteiger partial charge in [0.1, 0.15) is 17.2 Å². The first-order valence-corrected chi connectivity index (χ1v) is 12.2. The summed E-state index contributed by atoms with van der Waals surface area (Å²) < 4.78 is 16.4. The third-order valence-corrected chi connectivity index (χ3v) is 5.55. The Labute approximate surface area is 211 Å². The van der Waals surface area contributed by atoms with Gasteiger partial charge in [0.2, 0.25) is 0 Å². The van der Waals surface area contributed by atoms with Crippen molar-refractivity contribution in [3.63, 3.8) is 0 Å². The molecule has 0 unspecified atom stereocenters. The van der Waals surface area contributed by atoms with E-state index in [9.17, 15) is 9.59 Å². The van der Waals surface area contributed by atoms with Gasteiger partial charge in [0, 0.05) is 0 Å². The fraction of sp³-hybridized carbons (Fsp3) is 0.286. The first-order chi connectivity index (χ1) is 17.5. The van der Waals surface area contributed by atoms with E-state index in [1.807, 2.05) is 0 Å². The minimum absolute atomic E-state index is 0.263. The molecule has 0 saturated heterocycles. The summed E-state index contributed by atoms with van der Waals surface area (Å²) in [6, 6.07) is 18.7. The highest BCUT2D eigenvalue weighted by molar-refractivity contribution is 6.58. The summed E-state index contributed by atoms with van der Waals surface area (Å²) in [4.78, 5) is 24.8. The second-order valence-corrected chi connectivity index (χ2v) is 8.39. The Hall–Kier alpha value is -3.62. The number of hydrogen-bond donors (Lipinski definition) is 2. The molecule has 0 atom stereocenters. The van der Waals surface area contributed by atoms with Gasteiger partial charge in [0.05, 0.1) is 17.7 Å². The van der Waals surface area contributed by atoms with E-state index in [-0.39, 0.29) is 16.8 Å². The molecule has 7 nitrogen and oxygen atoms in total. The van der Waals surface area contributed by atoms with E-state index in [4.69, 9.17) is 24.3 Å². The maximum Gasteiger partial charge on any atom is 0.488 e. The van der Waals surface area contributed by atoms with E-state index in [0.29, 0.717) is 23.7 Å². The van der Waals surface area contributed by atoms with Gasteiger partial charge in [0.25, 0.3) is 0 Å². The maximum atomic E-state index is 12.5. The molecule has 8 heteroatoms. The van der Waals surface area contributed by atoms with Gasteiger partial charge in [-0.3, -0.25) is 0 Å². The normalized spacial score (nSPS) is 10.5. The van der Waals surface area contributed by atoms with Crippen molar-refractivity contribution in [1.82, 2.24) is 0 Å². The van der Waals surface area contributed by atoms with E-state index in [0.717, 1.165) is 12.8 Å². The number of carbonyl (C=O) groups excluding carboxylic acids is 2. The lowest BCUT2D eigenvalue weighted by Gasteiger charge is -2.08. The third-order valence-electron chi connectivity index (χ3n) is 5.55. The van der Waals surface area contributed by atoms with Crippen LogP contribution in [0.2, 0.25) is 0 Å². The van der Waals surface area contributed by atoms with Crippen LogP contribution in [-0.2, 0) is 0 Å². The minimum atomic E-state index is -1.59. The average molecular weight is 490 g/mol. The first kappa shape index (κ1) is 27.0. The van der Waals surface area contributed by atoms with Crippen LogP contribution in [0.4, 0.5) is 0 Å². The fourth-order valence-corrected chi connectivity index (χ4v) is 3.46. The van der Waals surface area contributed by atoms with Crippen LogP contribution in [0.5, 0.6) is 17.2 Å². The molecule has 0 amide bonds. The lowest BCUT2D eigenvalue weighted by Crippen LogP contribution is -2.29. The summed E-state index contributed by atoms with van der Waals surface area (Å²) in [7, 11) is -1.59. The lowest BCUT2D eigenvalue weighted by molar-refractivity contribution is 0.0730. The Bertz CT molecular complexity index is 1090. The number of hydrogen-bond acceptors (Lipinski definition) is 7. The molecular weight excluding hydrogens is 459 g/mol. The SMILES string of the molecule is CCCCCCCCOc1ccc(C(=O)Oc2ccc(C(=O)Oc3ccc(B(O)O)cc3)cc2)cc1. The van der Waals surface area contributed by atoms with Gasteiger partial charge < -0.3 is 24.3 Å². The van der Waals surface area contributed by atoms with E-state index >= 15 is 0 Å². The van der Waals surface area contributed by atoms with Crippen LogP contribution in [0.15, 0.2) is 72.8 Å². The molecule has 2 N–H and O–H groups in total. The van der Waals surface area contributed by atoms with Gasteiger partial charge in [-0.2, -0.15) is 0 Å². The van der Waals surface area contributed by atoms with E-state index < -0.39 is 19.1 Å². The molecule has 0 spiro atoms. The Kier molecular flexibility index (Phi) is 10.5. The van der Waals surface area contributed by atoms with Crippen molar-refractivity contribution in [2.75, 3.05) is 6.61 Å². The van der Waals surface area contributed by atoms with Crippen LogP contribution in [0.1, 0.15) is 66.2 Å². The quantitative estimate of drug-likeness (QED) is 0.157. The predicted octanol–water partition coefficient (Wildman–Crippen LogP) is 4.54. The number of benzene rings is 3. The minimum Gasteiger partial charge on any atom is -0.494 e. The molecule has 0 aliphatic carbocycles. The summed E-state index contributed by atoms with van der Waals surface area (Å²) in [5, 5.41) is 18.2. The van der Waals surface area contributed by atoms with Gasteiger partial charge in [-0.05, 0) is 72.5 Å². The lowest BCUT2D eigenvalue weighted by atomic mass is 9.80. The monoisotopic (exact) mass is 490 g/mol. The Balaban J connectivity index is 1.45. The summed E-state index contributed by atoms with van der Waals surface area (Å²) in [6.45, 7) is 2.86. The molecule has 0 fully saturated rings. The molecule has 36 heavy (non-hydrogen) atoms. The number of unbranched alkanes of at least 4 members (excludes halogenated alkanes) is 5. The van der Waals surface area contributed by atoms with Crippen molar-refractivity contribution in [2.45, 2.75) is 45.4 Å². The molecule has 3 rings (SSSR count). The van der Waals surface area contributed by atoms with Crippen molar-refractivity contribution < 1.29 is 33.8 Å². The molecular formula is C28H31BO7. The molecule has 0 aromatic heterocycles. The molecule has 0 saturated carbocycles. The second-order valence-electron chi connectivity index (χ2n) is 8.39. The van der Waals surface area contributed by atoms with Gasteiger partial charge in [-0.1, -0.05) is 51.2 Å². The number of carbonyl (C=O) groups is 2. The zero-order chi connectivity index (χ0) is 25.8. The highest BCUT2D eigenvalue weighted by Crippen LogP contribution is 2.18. The van der Waals surface area contributed by atoms with Crippen LogP contribution in [0, 0.1) is 0 Å².